The molecule has 3 aromatic carbocycles. The van der Waals surface area contributed by atoms with Crippen molar-refractivity contribution in [3.63, 3.8) is 0 Å². The minimum Gasteiger partial charge on any atom is -0.325 e. The van der Waals surface area contributed by atoms with Gasteiger partial charge in [-0.3, -0.25) is 9.10 Å². The van der Waals surface area contributed by atoms with Gasteiger partial charge in [0.15, 0.2) is 0 Å². The maximum absolute atomic E-state index is 13.1. The molecule has 8 heteroatoms. The molecule has 1 N–H and O–H groups in total. The highest BCUT2D eigenvalue weighted by molar-refractivity contribution is 7.92. The molecule has 0 saturated heterocycles. The second-order valence-electron chi connectivity index (χ2n) is 5.86. The lowest BCUT2D eigenvalue weighted by molar-refractivity contribution is -0.114. The number of nitrogens with one attached hydrogen (secondary N) is 1. The molecule has 0 bridgehead atoms. The van der Waals surface area contributed by atoms with Crippen LogP contribution in [-0.4, -0.2) is 20.9 Å². The van der Waals surface area contributed by atoms with E-state index in [9.17, 15) is 13.2 Å². The predicted molar refractivity (Wildman–Crippen MR) is 113 cm³/mol. The number of anilines is 2. The molecule has 1 amide bonds. The maximum atomic E-state index is 13.1. The third kappa shape index (κ3) is 4.84. The molecule has 0 aromatic heterocycles. The molecule has 0 atom stereocenters. The zero-order valence-corrected chi connectivity index (χ0v) is 16.9. The summed E-state index contributed by atoms with van der Waals surface area (Å²) in [6, 6.07) is 20.7. The van der Waals surface area contributed by atoms with E-state index in [1.165, 1.54) is 12.1 Å². The van der Waals surface area contributed by atoms with Crippen LogP contribution in [0.1, 0.15) is 0 Å². The van der Waals surface area contributed by atoms with Crippen molar-refractivity contribution < 1.29 is 13.2 Å². The Morgan fingerprint density at radius 2 is 1.36 bits per heavy atom. The summed E-state index contributed by atoms with van der Waals surface area (Å²) in [7, 11) is -3.95. The number of halogens is 2. The Morgan fingerprint density at radius 1 is 0.821 bits per heavy atom. The number of sulfonamides is 1. The number of carbonyl (C=O) groups excluding carboxylic acids is 1. The van der Waals surface area contributed by atoms with Crippen molar-refractivity contribution in [1.29, 1.82) is 0 Å². The Bertz CT molecular complexity index is 1050. The summed E-state index contributed by atoms with van der Waals surface area (Å²) in [6.45, 7) is -0.401. The van der Waals surface area contributed by atoms with Gasteiger partial charge in [-0.2, -0.15) is 0 Å². The van der Waals surface area contributed by atoms with E-state index in [1.54, 1.807) is 66.7 Å². The van der Waals surface area contributed by atoms with Crippen LogP contribution in [0.25, 0.3) is 0 Å². The normalized spacial score (nSPS) is 11.1. The number of amides is 1. The predicted octanol–water partition coefficient (Wildman–Crippen LogP) is 4.83. The summed E-state index contributed by atoms with van der Waals surface area (Å²) in [5, 5.41) is 3.67. The number of rotatable bonds is 6. The van der Waals surface area contributed by atoms with Crippen LogP contribution >= 0.6 is 23.2 Å². The number of nitrogens with zero attached hydrogens (tertiary/aromatic N) is 1. The topological polar surface area (TPSA) is 66.5 Å². The molecule has 0 fully saturated rings. The van der Waals surface area contributed by atoms with Crippen LogP contribution in [0.15, 0.2) is 83.8 Å². The van der Waals surface area contributed by atoms with E-state index >= 15 is 0 Å². The third-order valence-corrected chi connectivity index (χ3v) is 6.15. The van der Waals surface area contributed by atoms with Gasteiger partial charge in [0.05, 0.1) is 10.6 Å². The highest BCUT2D eigenvalue weighted by Gasteiger charge is 2.27. The van der Waals surface area contributed by atoms with Crippen LogP contribution in [0.2, 0.25) is 10.0 Å². The van der Waals surface area contributed by atoms with Gasteiger partial charge in [-0.25, -0.2) is 8.42 Å². The largest absolute Gasteiger partial charge is 0.325 e. The first-order chi connectivity index (χ1) is 13.4. The molecule has 3 aromatic rings. The summed E-state index contributed by atoms with van der Waals surface area (Å²) in [4.78, 5) is 12.6. The molecule has 0 radical (unpaired) electrons. The number of hydrogen-bond donors (Lipinski definition) is 1. The maximum Gasteiger partial charge on any atom is 0.264 e. The molecule has 3 rings (SSSR count). The number of carbonyl (C=O) groups is 1. The van der Waals surface area contributed by atoms with E-state index in [4.69, 9.17) is 23.2 Å². The zero-order valence-electron chi connectivity index (χ0n) is 14.5. The summed E-state index contributed by atoms with van der Waals surface area (Å²) in [6.07, 6.45) is 0. The van der Waals surface area contributed by atoms with Crippen molar-refractivity contribution >= 4 is 50.5 Å². The molecule has 144 valence electrons. The van der Waals surface area contributed by atoms with Crippen molar-refractivity contribution in [1.82, 2.24) is 0 Å². The van der Waals surface area contributed by atoms with E-state index in [0.29, 0.717) is 21.4 Å². The van der Waals surface area contributed by atoms with E-state index in [0.717, 1.165) is 4.31 Å². The monoisotopic (exact) mass is 434 g/mol. The van der Waals surface area contributed by atoms with Gasteiger partial charge in [-0.1, -0.05) is 41.4 Å². The highest BCUT2D eigenvalue weighted by atomic mass is 35.5. The first-order valence-corrected chi connectivity index (χ1v) is 10.4. The average molecular weight is 435 g/mol. The standard InChI is InChI=1S/C20H16Cl2N2O3S/c21-15-6-10-17(11-7-15)23-20(25)14-24(18-12-8-16(22)9-13-18)28(26,27)19-4-2-1-3-5-19/h1-13H,14H2,(H,23,25). The van der Waals surface area contributed by atoms with Crippen molar-refractivity contribution in [2.24, 2.45) is 0 Å². The van der Waals surface area contributed by atoms with Crippen LogP contribution < -0.4 is 9.62 Å². The van der Waals surface area contributed by atoms with Crippen LogP contribution in [0, 0.1) is 0 Å². The van der Waals surface area contributed by atoms with E-state index in [-0.39, 0.29) is 4.90 Å². The Labute approximate surface area is 173 Å². The van der Waals surface area contributed by atoms with Gasteiger partial charge >= 0.3 is 0 Å². The fourth-order valence-electron chi connectivity index (χ4n) is 2.51. The summed E-state index contributed by atoms with van der Waals surface area (Å²) >= 11 is 11.8. The van der Waals surface area contributed by atoms with Crippen molar-refractivity contribution in [2.45, 2.75) is 4.90 Å². The van der Waals surface area contributed by atoms with Crippen LogP contribution in [0.5, 0.6) is 0 Å². The SMILES string of the molecule is O=C(CN(c1ccc(Cl)cc1)S(=O)(=O)c1ccccc1)Nc1ccc(Cl)cc1. The first-order valence-electron chi connectivity index (χ1n) is 8.25. The molecule has 0 unspecified atom stereocenters. The average Bonchev–Trinajstić information content (AvgIpc) is 2.69. The van der Waals surface area contributed by atoms with E-state index < -0.39 is 22.5 Å². The van der Waals surface area contributed by atoms with Gasteiger partial charge in [-0.15, -0.1) is 0 Å². The molecule has 0 aliphatic heterocycles. The van der Waals surface area contributed by atoms with E-state index in [2.05, 4.69) is 5.32 Å². The van der Waals surface area contributed by atoms with E-state index in [1.807, 2.05) is 0 Å². The molecule has 0 saturated carbocycles. The fourth-order valence-corrected chi connectivity index (χ4v) is 4.20. The van der Waals surface area contributed by atoms with Gasteiger partial charge in [0.2, 0.25) is 5.91 Å². The summed E-state index contributed by atoms with van der Waals surface area (Å²) in [5.74, 6) is -0.489. The highest BCUT2D eigenvalue weighted by Crippen LogP contribution is 2.25. The molecule has 0 heterocycles. The first kappa shape index (κ1) is 20.2. The van der Waals surface area contributed by atoms with Crippen LogP contribution in [0.4, 0.5) is 11.4 Å². The number of benzene rings is 3. The molecule has 28 heavy (non-hydrogen) atoms. The molecule has 0 aliphatic rings. The Morgan fingerprint density at radius 3 is 1.93 bits per heavy atom. The molecular formula is C20H16Cl2N2O3S. The zero-order chi connectivity index (χ0) is 20.1. The Balaban J connectivity index is 1.91. The Hall–Kier alpha value is -2.54. The van der Waals surface area contributed by atoms with Crippen LogP contribution in [0.3, 0.4) is 0 Å². The van der Waals surface area contributed by atoms with Gasteiger partial charge < -0.3 is 5.32 Å². The summed E-state index contributed by atoms with van der Waals surface area (Å²) in [5.41, 5.74) is 0.849. The summed E-state index contributed by atoms with van der Waals surface area (Å²) < 4.78 is 27.3. The molecule has 0 aliphatic carbocycles. The fraction of sp³-hybridized carbons (Fsp3) is 0.0500. The molecular weight excluding hydrogens is 419 g/mol. The van der Waals surface area contributed by atoms with Gasteiger partial charge in [0, 0.05) is 15.7 Å². The van der Waals surface area contributed by atoms with Crippen molar-refractivity contribution in [3.05, 3.63) is 88.9 Å². The molecule has 5 nitrogen and oxygen atoms in total. The second kappa shape index (κ2) is 8.65. The van der Waals surface area contributed by atoms with Crippen LogP contribution in [-0.2, 0) is 14.8 Å². The molecule has 0 spiro atoms. The lowest BCUT2D eigenvalue weighted by Gasteiger charge is -2.24. The van der Waals surface area contributed by atoms with Gasteiger partial charge in [0.1, 0.15) is 6.54 Å². The van der Waals surface area contributed by atoms with Gasteiger partial charge in [0.25, 0.3) is 10.0 Å². The second-order valence-corrected chi connectivity index (χ2v) is 8.59. The third-order valence-electron chi connectivity index (χ3n) is 3.86. The minimum atomic E-state index is -3.95. The van der Waals surface area contributed by atoms with Crippen molar-refractivity contribution in [2.75, 3.05) is 16.2 Å². The Kier molecular flexibility index (Phi) is 6.24. The number of hydrogen-bond acceptors (Lipinski definition) is 3. The lowest BCUT2D eigenvalue weighted by Crippen LogP contribution is -2.38. The smallest absolute Gasteiger partial charge is 0.264 e. The lowest BCUT2D eigenvalue weighted by atomic mass is 10.3. The minimum absolute atomic E-state index is 0.0873. The quantitative estimate of drug-likeness (QED) is 0.603. The van der Waals surface area contributed by atoms with Crippen molar-refractivity contribution in [3.8, 4) is 0 Å². The van der Waals surface area contributed by atoms with Gasteiger partial charge in [-0.05, 0) is 60.7 Å².